The monoisotopic (exact) mass is 173 g/mol. The zero-order valence-electron chi connectivity index (χ0n) is 8.39. The molecule has 72 valence electrons. The molecule has 0 fully saturated rings. The first-order valence-corrected chi connectivity index (χ1v) is 4.38. The van der Waals surface area contributed by atoms with Gasteiger partial charge in [0, 0.05) is 6.54 Å². The molecule has 1 atom stereocenters. The van der Waals surface area contributed by atoms with Crippen LogP contribution in [0.5, 0.6) is 0 Å². The highest BCUT2D eigenvalue weighted by atomic mass is 16.5. The van der Waals surface area contributed by atoms with E-state index in [0.29, 0.717) is 18.4 Å². The number of nitrogens with one attached hydrogen (secondary N) is 1. The molecule has 0 bridgehead atoms. The average Bonchev–Trinajstić information content (AvgIpc) is 1.99. The van der Waals surface area contributed by atoms with Crippen LogP contribution in [0.1, 0.15) is 27.2 Å². The molecule has 0 aliphatic carbocycles. The predicted molar refractivity (Wildman–Crippen MR) is 49.0 cm³/mol. The maximum atomic E-state index is 10.7. The number of methoxy groups -OCH3 is 1. The van der Waals surface area contributed by atoms with Crippen LogP contribution in [0.15, 0.2) is 0 Å². The van der Waals surface area contributed by atoms with Gasteiger partial charge in [-0.05, 0) is 18.3 Å². The van der Waals surface area contributed by atoms with Gasteiger partial charge in [-0.1, -0.05) is 20.8 Å². The lowest BCUT2D eigenvalue weighted by molar-refractivity contribution is 0.168. The minimum atomic E-state index is -0.342. The second-order valence-electron chi connectivity index (χ2n) is 3.61. The van der Waals surface area contributed by atoms with Gasteiger partial charge in [-0.3, -0.25) is 0 Å². The summed E-state index contributed by atoms with van der Waals surface area (Å²) in [7, 11) is 1.38. The molecule has 0 spiro atoms. The summed E-state index contributed by atoms with van der Waals surface area (Å²) in [5.41, 5.74) is 0. The SMILES string of the molecule is COC(=O)NCC(C)CC(C)C. The Labute approximate surface area is 74.5 Å². The highest BCUT2D eigenvalue weighted by Gasteiger charge is 2.06. The van der Waals surface area contributed by atoms with Crippen molar-refractivity contribution in [1.29, 1.82) is 0 Å². The van der Waals surface area contributed by atoms with Gasteiger partial charge in [0.25, 0.3) is 0 Å². The molecule has 0 aromatic rings. The first-order valence-electron chi connectivity index (χ1n) is 4.38. The average molecular weight is 173 g/mol. The molecular formula is C9H19NO2. The molecule has 0 aromatic carbocycles. The zero-order chi connectivity index (χ0) is 9.56. The minimum absolute atomic E-state index is 0.342. The normalized spacial score (nSPS) is 12.8. The van der Waals surface area contributed by atoms with Gasteiger partial charge in [0.15, 0.2) is 0 Å². The van der Waals surface area contributed by atoms with Gasteiger partial charge in [0.2, 0.25) is 0 Å². The van der Waals surface area contributed by atoms with Crippen LogP contribution >= 0.6 is 0 Å². The summed E-state index contributed by atoms with van der Waals surface area (Å²) >= 11 is 0. The Morgan fingerprint density at radius 3 is 2.42 bits per heavy atom. The standard InChI is InChI=1S/C9H19NO2/c1-7(2)5-8(3)6-10-9(11)12-4/h7-8H,5-6H2,1-4H3,(H,10,11). The lowest BCUT2D eigenvalue weighted by Crippen LogP contribution is -2.28. The summed E-state index contributed by atoms with van der Waals surface area (Å²) in [6, 6.07) is 0. The van der Waals surface area contributed by atoms with E-state index in [9.17, 15) is 4.79 Å². The molecule has 1 amide bonds. The summed E-state index contributed by atoms with van der Waals surface area (Å²) in [6.45, 7) is 7.17. The van der Waals surface area contributed by atoms with Crippen molar-refractivity contribution in [1.82, 2.24) is 5.32 Å². The van der Waals surface area contributed by atoms with Gasteiger partial charge < -0.3 is 10.1 Å². The van der Waals surface area contributed by atoms with Crippen LogP contribution in [0.2, 0.25) is 0 Å². The predicted octanol–water partition coefficient (Wildman–Crippen LogP) is 2.02. The van der Waals surface area contributed by atoms with E-state index in [4.69, 9.17) is 0 Å². The van der Waals surface area contributed by atoms with E-state index in [-0.39, 0.29) is 6.09 Å². The molecule has 0 heterocycles. The van der Waals surface area contributed by atoms with E-state index in [1.807, 2.05) is 0 Å². The number of carbonyl (C=O) groups is 1. The molecule has 1 N–H and O–H groups in total. The van der Waals surface area contributed by atoms with Crippen LogP contribution < -0.4 is 5.32 Å². The summed E-state index contributed by atoms with van der Waals surface area (Å²) in [4.78, 5) is 10.7. The first-order chi connectivity index (χ1) is 5.56. The lowest BCUT2D eigenvalue weighted by atomic mass is 9.99. The van der Waals surface area contributed by atoms with E-state index in [2.05, 4.69) is 30.8 Å². The van der Waals surface area contributed by atoms with Crippen LogP contribution in [-0.4, -0.2) is 19.7 Å². The summed E-state index contributed by atoms with van der Waals surface area (Å²) in [5, 5.41) is 2.68. The number of alkyl carbamates (subject to hydrolysis) is 1. The zero-order valence-corrected chi connectivity index (χ0v) is 8.39. The molecule has 0 aliphatic rings. The van der Waals surface area contributed by atoms with Gasteiger partial charge in [0.1, 0.15) is 0 Å². The van der Waals surface area contributed by atoms with Crippen molar-refractivity contribution < 1.29 is 9.53 Å². The second-order valence-corrected chi connectivity index (χ2v) is 3.61. The van der Waals surface area contributed by atoms with Crippen molar-refractivity contribution in [3.63, 3.8) is 0 Å². The number of hydrogen-bond acceptors (Lipinski definition) is 2. The maximum absolute atomic E-state index is 10.7. The molecule has 3 heteroatoms. The van der Waals surface area contributed by atoms with E-state index in [0.717, 1.165) is 6.42 Å². The van der Waals surface area contributed by atoms with E-state index in [1.54, 1.807) is 0 Å². The smallest absolute Gasteiger partial charge is 0.406 e. The van der Waals surface area contributed by atoms with Crippen LogP contribution in [0, 0.1) is 11.8 Å². The summed E-state index contributed by atoms with van der Waals surface area (Å²) in [6.07, 6.45) is 0.787. The van der Waals surface area contributed by atoms with Gasteiger partial charge in [-0.25, -0.2) is 4.79 Å². The maximum Gasteiger partial charge on any atom is 0.406 e. The number of rotatable bonds is 4. The van der Waals surface area contributed by atoms with Gasteiger partial charge in [-0.2, -0.15) is 0 Å². The summed E-state index contributed by atoms with van der Waals surface area (Å²) in [5.74, 6) is 1.20. The quantitative estimate of drug-likeness (QED) is 0.706. The molecule has 0 saturated heterocycles. The molecule has 12 heavy (non-hydrogen) atoms. The van der Waals surface area contributed by atoms with Crippen molar-refractivity contribution in [2.24, 2.45) is 11.8 Å². The number of ether oxygens (including phenoxy) is 1. The Bertz CT molecular complexity index is 134. The highest BCUT2D eigenvalue weighted by molar-refractivity contribution is 5.66. The van der Waals surface area contributed by atoms with Crippen molar-refractivity contribution >= 4 is 6.09 Å². The van der Waals surface area contributed by atoms with Gasteiger partial charge in [-0.15, -0.1) is 0 Å². The fourth-order valence-electron chi connectivity index (χ4n) is 1.22. The van der Waals surface area contributed by atoms with Crippen LogP contribution in [0.3, 0.4) is 0 Å². The number of hydrogen-bond donors (Lipinski definition) is 1. The Balaban J connectivity index is 3.43. The van der Waals surface area contributed by atoms with Gasteiger partial charge in [0.05, 0.1) is 7.11 Å². The Hall–Kier alpha value is -0.730. The fourth-order valence-corrected chi connectivity index (χ4v) is 1.22. The van der Waals surface area contributed by atoms with Gasteiger partial charge >= 0.3 is 6.09 Å². The van der Waals surface area contributed by atoms with E-state index < -0.39 is 0 Å². The van der Waals surface area contributed by atoms with E-state index >= 15 is 0 Å². The molecule has 3 nitrogen and oxygen atoms in total. The lowest BCUT2D eigenvalue weighted by Gasteiger charge is -2.13. The Kier molecular flexibility index (Phi) is 5.51. The van der Waals surface area contributed by atoms with Crippen LogP contribution in [0.4, 0.5) is 4.79 Å². The van der Waals surface area contributed by atoms with Crippen molar-refractivity contribution in [3.05, 3.63) is 0 Å². The third kappa shape index (κ3) is 6.01. The minimum Gasteiger partial charge on any atom is -0.453 e. The molecule has 1 unspecified atom stereocenters. The molecule has 0 aliphatic heterocycles. The topological polar surface area (TPSA) is 38.3 Å². The number of amides is 1. The molecule has 0 rings (SSSR count). The summed E-state index contributed by atoms with van der Waals surface area (Å²) < 4.78 is 4.46. The van der Waals surface area contributed by atoms with Crippen molar-refractivity contribution in [2.75, 3.05) is 13.7 Å². The molecule has 0 aromatic heterocycles. The highest BCUT2D eigenvalue weighted by Crippen LogP contribution is 2.09. The van der Waals surface area contributed by atoms with Crippen LogP contribution in [0.25, 0.3) is 0 Å². The largest absolute Gasteiger partial charge is 0.453 e. The number of carbonyl (C=O) groups excluding carboxylic acids is 1. The second kappa shape index (κ2) is 5.86. The molecule has 0 radical (unpaired) electrons. The third-order valence-corrected chi connectivity index (χ3v) is 1.65. The van der Waals surface area contributed by atoms with E-state index in [1.165, 1.54) is 7.11 Å². The van der Waals surface area contributed by atoms with Crippen LogP contribution in [-0.2, 0) is 4.74 Å². The van der Waals surface area contributed by atoms with Crippen molar-refractivity contribution in [3.8, 4) is 0 Å². The van der Waals surface area contributed by atoms with Crippen molar-refractivity contribution in [2.45, 2.75) is 27.2 Å². The first kappa shape index (κ1) is 11.3. The Morgan fingerprint density at radius 1 is 1.42 bits per heavy atom. The molecular weight excluding hydrogens is 154 g/mol. The Morgan fingerprint density at radius 2 is 2.00 bits per heavy atom. The third-order valence-electron chi connectivity index (χ3n) is 1.65. The fraction of sp³-hybridized carbons (Fsp3) is 0.889. The molecule has 0 saturated carbocycles.